The number of amides is 1. The van der Waals surface area contributed by atoms with Crippen molar-refractivity contribution in [2.45, 2.75) is 62.8 Å². The van der Waals surface area contributed by atoms with Crippen molar-refractivity contribution in [3.63, 3.8) is 0 Å². The summed E-state index contributed by atoms with van der Waals surface area (Å²) in [6, 6.07) is 0. The first-order valence-corrected chi connectivity index (χ1v) is 9.46. The Balaban J connectivity index is 6.29. The zero-order valence-electron chi connectivity index (χ0n) is 19.1. The van der Waals surface area contributed by atoms with E-state index in [2.05, 4.69) is 27.4 Å². The minimum atomic E-state index is -7.19. The molecule has 3 unspecified atom stereocenters. The third-order valence-corrected chi connectivity index (χ3v) is 4.14. The first-order chi connectivity index (χ1) is 16.3. The quantitative estimate of drug-likeness (QED) is 0.176. The molecule has 0 rings (SSSR count). The van der Waals surface area contributed by atoms with E-state index in [-0.39, 0.29) is 11.1 Å². The lowest BCUT2D eigenvalue weighted by Gasteiger charge is -2.38. The smallest absolute Gasteiger partial charge is 0.429 e. The van der Waals surface area contributed by atoms with Gasteiger partial charge >= 0.3 is 36.6 Å². The fourth-order valence-electron chi connectivity index (χ4n) is 2.25. The number of esters is 2. The van der Waals surface area contributed by atoms with Gasteiger partial charge in [0.05, 0.1) is 0 Å². The number of nitrogens with one attached hydrogen (secondary N) is 1. The molecule has 0 saturated heterocycles. The highest BCUT2D eigenvalue weighted by Gasteiger charge is 2.79. The molecule has 0 spiro atoms. The minimum Gasteiger partial charge on any atom is -0.460 e. The zero-order chi connectivity index (χ0) is 29.8. The Hall–Kier alpha value is -3.08. The van der Waals surface area contributed by atoms with Crippen molar-refractivity contribution in [2.75, 3.05) is 13.2 Å². The van der Waals surface area contributed by atoms with Crippen molar-refractivity contribution < 1.29 is 76.9 Å². The summed E-state index contributed by atoms with van der Waals surface area (Å²) in [6.07, 6.45) is -34.6. The van der Waals surface area contributed by atoms with E-state index in [1.54, 1.807) is 0 Å². The summed E-state index contributed by atoms with van der Waals surface area (Å²) in [5.74, 6) is -2.35. The maximum atomic E-state index is 14.4. The van der Waals surface area contributed by atoms with Gasteiger partial charge in [-0.05, 0) is 20.8 Å². The van der Waals surface area contributed by atoms with Gasteiger partial charge in [-0.25, -0.2) is 23.2 Å². The van der Waals surface area contributed by atoms with Gasteiger partial charge < -0.3 is 19.5 Å². The average Bonchev–Trinajstić information content (AvgIpc) is 2.70. The third-order valence-electron chi connectivity index (χ3n) is 4.14. The Morgan fingerprint density at radius 3 is 1.43 bits per heavy atom. The number of carbonyl (C=O) groups excluding carboxylic acids is 3. The topological polar surface area (TPSA) is 90.9 Å². The van der Waals surface area contributed by atoms with Crippen LogP contribution >= 0.6 is 0 Å². The first-order valence-electron chi connectivity index (χ1n) is 9.46. The fourth-order valence-corrected chi connectivity index (χ4v) is 2.25. The second-order valence-corrected chi connectivity index (χ2v) is 7.90. The number of halogens is 11. The molecule has 3 atom stereocenters. The van der Waals surface area contributed by atoms with Crippen LogP contribution in [-0.4, -0.2) is 73.3 Å². The van der Waals surface area contributed by atoms with Crippen LogP contribution in [0, 0.1) is 0 Å². The molecule has 0 aromatic heterocycles. The highest BCUT2D eigenvalue weighted by Crippen LogP contribution is 2.51. The highest BCUT2D eigenvalue weighted by molar-refractivity contribution is 5.87. The lowest BCUT2D eigenvalue weighted by molar-refractivity contribution is -0.358. The summed E-state index contributed by atoms with van der Waals surface area (Å²) in [5, 5.41) is 1.37. The predicted octanol–water partition coefficient (Wildman–Crippen LogP) is 4.81. The van der Waals surface area contributed by atoms with Crippen LogP contribution in [0.2, 0.25) is 0 Å². The van der Waals surface area contributed by atoms with Gasteiger partial charge in [-0.2, -0.15) is 39.5 Å². The molecular formula is C19H20F11NO6. The van der Waals surface area contributed by atoms with E-state index in [0.29, 0.717) is 0 Å². The van der Waals surface area contributed by atoms with Gasteiger partial charge in [-0.1, -0.05) is 13.2 Å². The molecule has 0 saturated carbocycles. The molecule has 0 heterocycles. The van der Waals surface area contributed by atoms with Gasteiger partial charge in [0, 0.05) is 11.1 Å². The largest absolute Gasteiger partial charge is 0.460 e. The predicted molar refractivity (Wildman–Crippen MR) is 100 cm³/mol. The van der Waals surface area contributed by atoms with Crippen LogP contribution in [0.1, 0.15) is 20.8 Å². The number of hydrogen-bond donors (Lipinski definition) is 1. The second-order valence-electron chi connectivity index (χ2n) is 7.90. The van der Waals surface area contributed by atoms with Crippen molar-refractivity contribution in [3.05, 3.63) is 24.3 Å². The van der Waals surface area contributed by atoms with E-state index in [1.165, 1.54) is 5.32 Å². The van der Waals surface area contributed by atoms with Gasteiger partial charge in [0.25, 0.3) is 5.67 Å². The number of hydrogen-bond acceptors (Lipinski definition) is 6. The summed E-state index contributed by atoms with van der Waals surface area (Å²) in [7, 11) is 0. The lowest BCUT2D eigenvalue weighted by Crippen LogP contribution is -2.67. The van der Waals surface area contributed by atoms with Crippen LogP contribution in [0.4, 0.5) is 53.1 Å². The summed E-state index contributed by atoms with van der Waals surface area (Å²) in [4.78, 5) is 35.2. The summed E-state index contributed by atoms with van der Waals surface area (Å²) in [6.45, 7) is 7.20. The number of ether oxygens (including phenoxy) is 3. The van der Waals surface area contributed by atoms with Crippen molar-refractivity contribution in [3.8, 4) is 0 Å². The van der Waals surface area contributed by atoms with Crippen LogP contribution in [0.5, 0.6) is 0 Å². The van der Waals surface area contributed by atoms with Crippen LogP contribution in [0.3, 0.4) is 0 Å². The average molecular weight is 567 g/mol. The summed E-state index contributed by atoms with van der Waals surface area (Å²) in [5.41, 5.74) is -9.68. The normalized spacial score (nSPS) is 16.1. The van der Waals surface area contributed by atoms with Gasteiger partial charge in [-0.15, -0.1) is 0 Å². The van der Waals surface area contributed by atoms with Gasteiger partial charge in [0.15, 0.2) is 0 Å². The minimum absolute atomic E-state index is 0.255. The molecule has 18 heteroatoms. The molecule has 214 valence electrons. The molecule has 37 heavy (non-hydrogen) atoms. The SMILES string of the molecule is C=C(C)C(=O)OCC(C)(COC(=O)C(=C)C)NC(=O)OC(C(F)(F)F)C(F)(C(F)C(F)(F)F)C(F)(F)F. The molecule has 0 radical (unpaired) electrons. The highest BCUT2D eigenvalue weighted by atomic mass is 19.4. The van der Waals surface area contributed by atoms with Crippen molar-refractivity contribution in [2.24, 2.45) is 0 Å². The maximum absolute atomic E-state index is 14.4. The number of alkyl carbamates (subject to hydrolysis) is 1. The van der Waals surface area contributed by atoms with E-state index in [1.807, 2.05) is 0 Å². The second kappa shape index (κ2) is 11.5. The van der Waals surface area contributed by atoms with E-state index < -0.39 is 73.3 Å². The summed E-state index contributed by atoms with van der Waals surface area (Å²) >= 11 is 0. The summed E-state index contributed by atoms with van der Waals surface area (Å²) < 4.78 is 157. The van der Waals surface area contributed by atoms with Crippen molar-refractivity contribution in [1.82, 2.24) is 5.32 Å². The zero-order valence-corrected chi connectivity index (χ0v) is 19.1. The molecule has 0 fully saturated rings. The van der Waals surface area contributed by atoms with Crippen molar-refractivity contribution >= 4 is 18.0 Å². The molecule has 0 bridgehead atoms. The Bertz CT molecular complexity index is 866. The number of carbonyl (C=O) groups is 3. The monoisotopic (exact) mass is 567 g/mol. The fraction of sp³-hybridized carbons (Fsp3) is 0.632. The van der Waals surface area contributed by atoms with Crippen LogP contribution in [0.15, 0.2) is 24.3 Å². The molecule has 0 aliphatic heterocycles. The molecule has 7 nitrogen and oxygen atoms in total. The van der Waals surface area contributed by atoms with E-state index in [4.69, 9.17) is 0 Å². The van der Waals surface area contributed by atoms with Crippen LogP contribution < -0.4 is 5.32 Å². The molecule has 1 amide bonds. The molecule has 0 aliphatic carbocycles. The van der Waals surface area contributed by atoms with E-state index in [0.717, 1.165) is 20.8 Å². The van der Waals surface area contributed by atoms with Gasteiger partial charge in [0.1, 0.15) is 18.8 Å². The Kier molecular flexibility index (Phi) is 10.6. The van der Waals surface area contributed by atoms with Crippen LogP contribution in [-0.2, 0) is 23.8 Å². The Labute approximate surface area is 201 Å². The molecular weight excluding hydrogens is 547 g/mol. The van der Waals surface area contributed by atoms with E-state index >= 15 is 0 Å². The Morgan fingerprint density at radius 2 is 1.16 bits per heavy atom. The molecule has 0 aliphatic rings. The van der Waals surface area contributed by atoms with Crippen molar-refractivity contribution in [1.29, 1.82) is 0 Å². The standard InChI is InChI=1S/C19H20F11NO6/c1-8(2)10(32)35-6-15(5,7-36-11(33)9(3)4)31-14(34)37-13(18(25,26)27)16(21,19(28,29)30)12(20)17(22,23)24/h12-13H,1,3,6-7H2,2,4-5H3,(H,31,34). The van der Waals surface area contributed by atoms with Crippen LogP contribution in [0.25, 0.3) is 0 Å². The number of rotatable bonds is 10. The maximum Gasteiger partial charge on any atom is 0.429 e. The van der Waals surface area contributed by atoms with E-state index in [9.17, 15) is 62.7 Å². The molecule has 0 aromatic rings. The third kappa shape index (κ3) is 9.07. The van der Waals surface area contributed by atoms with Gasteiger partial charge in [0.2, 0.25) is 12.3 Å². The molecule has 0 aromatic carbocycles. The Morgan fingerprint density at radius 1 is 0.784 bits per heavy atom. The van der Waals surface area contributed by atoms with Gasteiger partial charge in [-0.3, -0.25) is 0 Å². The first kappa shape index (κ1) is 33.9. The molecule has 1 N–H and O–H groups in total. The lowest BCUT2D eigenvalue weighted by atomic mass is 9.91. The number of alkyl halides is 11.